The second kappa shape index (κ2) is 5.82. The van der Waals surface area contributed by atoms with Gasteiger partial charge in [0.15, 0.2) is 0 Å². The number of carboxylic acids is 1. The van der Waals surface area contributed by atoms with Crippen LogP contribution in [-0.4, -0.2) is 29.1 Å². The van der Waals surface area contributed by atoms with Gasteiger partial charge < -0.3 is 5.11 Å². The third kappa shape index (κ3) is 3.86. The molecule has 0 amide bonds. The molecule has 0 spiro atoms. The van der Waals surface area contributed by atoms with E-state index in [1.165, 1.54) is 0 Å². The minimum atomic E-state index is -0.869. The molecule has 0 radical (unpaired) electrons. The van der Waals surface area contributed by atoms with Crippen LogP contribution < -0.4 is 0 Å². The lowest BCUT2D eigenvalue weighted by atomic mass is 10.0. The standard InChI is InChI=1S/C14H21NO2/c1-10(2)11(3)15(4)9-12-6-5-7-13(8-12)14(16)17/h5-8,10-11H,9H2,1-4H3,(H,16,17). The zero-order chi connectivity index (χ0) is 13.0. The highest BCUT2D eigenvalue weighted by Crippen LogP contribution is 2.13. The Balaban J connectivity index is 2.74. The summed E-state index contributed by atoms with van der Waals surface area (Å²) in [5, 5.41) is 8.93. The first-order chi connectivity index (χ1) is 7.91. The fourth-order valence-electron chi connectivity index (χ4n) is 1.74. The highest BCUT2D eigenvalue weighted by atomic mass is 16.4. The van der Waals surface area contributed by atoms with Crippen LogP contribution in [-0.2, 0) is 6.54 Å². The highest BCUT2D eigenvalue weighted by molar-refractivity contribution is 5.87. The number of carbonyl (C=O) groups is 1. The minimum Gasteiger partial charge on any atom is -0.478 e. The van der Waals surface area contributed by atoms with Crippen LogP contribution in [0, 0.1) is 5.92 Å². The monoisotopic (exact) mass is 235 g/mol. The van der Waals surface area contributed by atoms with Gasteiger partial charge in [-0.1, -0.05) is 26.0 Å². The van der Waals surface area contributed by atoms with E-state index in [1.807, 2.05) is 6.07 Å². The number of carboxylic acid groups (broad SMARTS) is 1. The minimum absolute atomic E-state index is 0.355. The van der Waals surface area contributed by atoms with Crippen LogP contribution in [0.25, 0.3) is 0 Å². The average molecular weight is 235 g/mol. The van der Waals surface area contributed by atoms with Gasteiger partial charge in [0, 0.05) is 12.6 Å². The Kier molecular flexibility index (Phi) is 4.70. The lowest BCUT2D eigenvalue weighted by molar-refractivity contribution is 0.0696. The predicted molar refractivity (Wildman–Crippen MR) is 69.2 cm³/mol. The van der Waals surface area contributed by atoms with Crippen LogP contribution in [0.15, 0.2) is 24.3 Å². The number of nitrogens with zero attached hydrogens (tertiary/aromatic N) is 1. The second-order valence-electron chi connectivity index (χ2n) is 4.91. The van der Waals surface area contributed by atoms with Crippen molar-refractivity contribution in [1.82, 2.24) is 4.90 Å². The maximum absolute atomic E-state index is 10.9. The first-order valence-electron chi connectivity index (χ1n) is 5.94. The number of rotatable bonds is 5. The van der Waals surface area contributed by atoms with E-state index in [-0.39, 0.29) is 0 Å². The lowest BCUT2D eigenvalue weighted by Crippen LogP contribution is -2.32. The molecular weight excluding hydrogens is 214 g/mol. The molecule has 0 bridgehead atoms. The van der Waals surface area contributed by atoms with Crippen molar-refractivity contribution in [2.24, 2.45) is 5.92 Å². The summed E-state index contributed by atoms with van der Waals surface area (Å²) in [7, 11) is 2.07. The molecule has 0 fully saturated rings. The van der Waals surface area contributed by atoms with Crippen molar-refractivity contribution >= 4 is 5.97 Å². The van der Waals surface area contributed by atoms with Gasteiger partial charge in [-0.25, -0.2) is 4.79 Å². The topological polar surface area (TPSA) is 40.5 Å². The molecule has 0 aromatic heterocycles. The van der Waals surface area contributed by atoms with Crippen molar-refractivity contribution in [1.29, 1.82) is 0 Å². The number of hydrogen-bond donors (Lipinski definition) is 1. The van der Waals surface area contributed by atoms with Gasteiger partial charge >= 0.3 is 5.97 Å². The number of hydrogen-bond acceptors (Lipinski definition) is 2. The summed E-state index contributed by atoms with van der Waals surface area (Å²) in [4.78, 5) is 13.1. The van der Waals surface area contributed by atoms with Crippen LogP contribution in [0.3, 0.4) is 0 Å². The summed E-state index contributed by atoms with van der Waals surface area (Å²) in [6.07, 6.45) is 0. The summed E-state index contributed by atoms with van der Waals surface area (Å²) in [5.41, 5.74) is 1.40. The van der Waals surface area contributed by atoms with Gasteiger partial charge in [-0.3, -0.25) is 4.90 Å². The summed E-state index contributed by atoms with van der Waals surface area (Å²) in [6, 6.07) is 7.61. The Morgan fingerprint density at radius 2 is 2.00 bits per heavy atom. The van der Waals surface area contributed by atoms with E-state index in [9.17, 15) is 4.79 Å². The average Bonchev–Trinajstić information content (AvgIpc) is 2.28. The molecule has 1 N–H and O–H groups in total. The quantitative estimate of drug-likeness (QED) is 0.853. The molecule has 17 heavy (non-hydrogen) atoms. The maximum atomic E-state index is 10.9. The van der Waals surface area contributed by atoms with Crippen molar-refractivity contribution < 1.29 is 9.90 Å². The fourth-order valence-corrected chi connectivity index (χ4v) is 1.74. The van der Waals surface area contributed by atoms with E-state index < -0.39 is 5.97 Å². The SMILES string of the molecule is CC(C)C(C)N(C)Cc1cccc(C(=O)O)c1. The van der Waals surface area contributed by atoms with E-state index in [0.29, 0.717) is 17.5 Å². The zero-order valence-corrected chi connectivity index (χ0v) is 11.0. The highest BCUT2D eigenvalue weighted by Gasteiger charge is 2.13. The maximum Gasteiger partial charge on any atom is 0.335 e. The molecule has 0 saturated heterocycles. The third-order valence-corrected chi connectivity index (χ3v) is 3.27. The van der Waals surface area contributed by atoms with E-state index >= 15 is 0 Å². The summed E-state index contributed by atoms with van der Waals surface area (Å²) in [6.45, 7) is 7.34. The van der Waals surface area contributed by atoms with Crippen molar-refractivity contribution in [3.05, 3.63) is 35.4 Å². The van der Waals surface area contributed by atoms with Crippen LogP contribution in [0.1, 0.15) is 36.7 Å². The molecule has 1 unspecified atom stereocenters. The fraction of sp³-hybridized carbons (Fsp3) is 0.500. The van der Waals surface area contributed by atoms with Gasteiger partial charge in [0.2, 0.25) is 0 Å². The number of benzene rings is 1. The van der Waals surface area contributed by atoms with Gasteiger partial charge in [-0.05, 0) is 37.6 Å². The Hall–Kier alpha value is -1.35. The molecule has 1 atom stereocenters. The van der Waals surface area contributed by atoms with E-state index in [4.69, 9.17) is 5.11 Å². The van der Waals surface area contributed by atoms with E-state index in [1.54, 1.807) is 18.2 Å². The van der Waals surface area contributed by atoms with E-state index in [2.05, 4.69) is 32.7 Å². The molecule has 1 aromatic rings. The van der Waals surface area contributed by atoms with Crippen LogP contribution in [0.5, 0.6) is 0 Å². The van der Waals surface area contributed by atoms with Gasteiger partial charge in [0.25, 0.3) is 0 Å². The molecule has 0 heterocycles. The van der Waals surface area contributed by atoms with E-state index in [0.717, 1.165) is 12.1 Å². The smallest absolute Gasteiger partial charge is 0.335 e. The lowest BCUT2D eigenvalue weighted by Gasteiger charge is -2.27. The molecule has 1 aromatic carbocycles. The molecule has 0 saturated carbocycles. The Morgan fingerprint density at radius 3 is 2.53 bits per heavy atom. The normalized spacial score (nSPS) is 13.1. The third-order valence-electron chi connectivity index (χ3n) is 3.27. The zero-order valence-electron chi connectivity index (χ0n) is 11.0. The molecule has 1 rings (SSSR count). The Morgan fingerprint density at radius 1 is 1.35 bits per heavy atom. The summed E-state index contributed by atoms with van der Waals surface area (Å²) < 4.78 is 0. The van der Waals surface area contributed by atoms with Crippen LogP contribution >= 0.6 is 0 Å². The van der Waals surface area contributed by atoms with Crippen LogP contribution in [0.4, 0.5) is 0 Å². The van der Waals surface area contributed by atoms with Gasteiger partial charge in [-0.2, -0.15) is 0 Å². The molecule has 0 aliphatic carbocycles. The second-order valence-corrected chi connectivity index (χ2v) is 4.91. The molecule has 3 nitrogen and oxygen atoms in total. The van der Waals surface area contributed by atoms with Gasteiger partial charge in [0.05, 0.1) is 5.56 Å². The van der Waals surface area contributed by atoms with Gasteiger partial charge in [0.1, 0.15) is 0 Å². The Labute approximate surface area is 103 Å². The number of aromatic carboxylic acids is 1. The van der Waals surface area contributed by atoms with Crippen molar-refractivity contribution in [2.45, 2.75) is 33.4 Å². The van der Waals surface area contributed by atoms with Gasteiger partial charge in [-0.15, -0.1) is 0 Å². The molecule has 0 aliphatic rings. The first-order valence-corrected chi connectivity index (χ1v) is 5.94. The van der Waals surface area contributed by atoms with Crippen LogP contribution in [0.2, 0.25) is 0 Å². The molecule has 3 heteroatoms. The molecule has 0 aliphatic heterocycles. The van der Waals surface area contributed by atoms with Crippen molar-refractivity contribution in [3.8, 4) is 0 Å². The molecular formula is C14H21NO2. The first kappa shape index (κ1) is 13.7. The predicted octanol–water partition coefficient (Wildman–Crippen LogP) is 2.86. The summed E-state index contributed by atoms with van der Waals surface area (Å²) >= 11 is 0. The van der Waals surface area contributed by atoms with Crippen molar-refractivity contribution in [3.63, 3.8) is 0 Å². The largest absolute Gasteiger partial charge is 0.478 e. The summed E-state index contributed by atoms with van der Waals surface area (Å²) in [5.74, 6) is -0.283. The molecule has 94 valence electrons. The Bertz CT molecular complexity index is 388. The van der Waals surface area contributed by atoms with Crippen molar-refractivity contribution in [2.75, 3.05) is 7.05 Å².